The summed E-state index contributed by atoms with van der Waals surface area (Å²) >= 11 is 0. The van der Waals surface area contributed by atoms with E-state index in [4.69, 9.17) is 4.42 Å². The summed E-state index contributed by atoms with van der Waals surface area (Å²) in [5, 5.41) is 4.10. The zero-order valence-electron chi connectivity index (χ0n) is 15.3. The van der Waals surface area contributed by atoms with E-state index in [0.717, 1.165) is 10.2 Å². The summed E-state index contributed by atoms with van der Waals surface area (Å²) < 4.78 is 34.3. The van der Waals surface area contributed by atoms with Gasteiger partial charge in [-0.05, 0) is 12.0 Å². The lowest BCUT2D eigenvalue weighted by atomic mass is 10.1. The van der Waals surface area contributed by atoms with Gasteiger partial charge in [-0.25, -0.2) is 23.5 Å². The lowest BCUT2D eigenvalue weighted by Crippen LogP contribution is -2.22. The van der Waals surface area contributed by atoms with Gasteiger partial charge in [-0.1, -0.05) is 24.3 Å². The number of alkyl halides is 2. The molecule has 0 unspecified atom stereocenters. The Bertz CT molecular complexity index is 1270. The molecule has 3 heterocycles. The third-order valence-corrected chi connectivity index (χ3v) is 4.50. The summed E-state index contributed by atoms with van der Waals surface area (Å²) in [4.78, 5) is 32.7. The molecule has 0 aliphatic heterocycles. The smallest absolute Gasteiger partial charge is 0.390 e. The van der Waals surface area contributed by atoms with E-state index in [1.165, 1.54) is 29.4 Å². The van der Waals surface area contributed by atoms with Crippen molar-refractivity contribution < 1.29 is 13.2 Å². The van der Waals surface area contributed by atoms with E-state index in [1.54, 1.807) is 23.7 Å². The van der Waals surface area contributed by atoms with Crippen molar-refractivity contribution in [3.63, 3.8) is 0 Å². The second-order valence-corrected chi connectivity index (χ2v) is 6.48. The summed E-state index contributed by atoms with van der Waals surface area (Å²) in [5.41, 5.74) is 1.07. The molecule has 0 N–H and O–H groups in total. The molecular formula is C18H16F2N6O3. The average molecular weight is 402 g/mol. The van der Waals surface area contributed by atoms with Gasteiger partial charge in [0, 0.05) is 12.6 Å². The van der Waals surface area contributed by atoms with E-state index in [-0.39, 0.29) is 30.1 Å². The zero-order valence-corrected chi connectivity index (χ0v) is 15.3. The summed E-state index contributed by atoms with van der Waals surface area (Å²) in [7, 11) is 1.69. The molecule has 9 nitrogen and oxygen atoms in total. The first-order valence-electron chi connectivity index (χ1n) is 8.72. The highest BCUT2D eigenvalue weighted by Gasteiger charge is 2.13. The molecule has 150 valence electrons. The molecule has 0 aliphatic carbocycles. The number of hydrogen-bond donors (Lipinski definition) is 0. The number of imidazole rings is 1. The molecule has 0 amide bonds. The van der Waals surface area contributed by atoms with Crippen LogP contribution >= 0.6 is 0 Å². The van der Waals surface area contributed by atoms with Crippen molar-refractivity contribution in [1.82, 2.24) is 28.9 Å². The molecule has 29 heavy (non-hydrogen) atoms. The fourth-order valence-corrected chi connectivity index (χ4v) is 2.95. The second kappa shape index (κ2) is 7.41. The van der Waals surface area contributed by atoms with Crippen LogP contribution < -0.4 is 11.3 Å². The normalized spacial score (nSPS) is 11.6. The molecule has 0 atom stereocenters. The van der Waals surface area contributed by atoms with Gasteiger partial charge in [-0.2, -0.15) is 4.68 Å². The van der Waals surface area contributed by atoms with Crippen molar-refractivity contribution in [3.8, 4) is 0 Å². The maximum absolute atomic E-state index is 12.6. The first-order chi connectivity index (χ1) is 13.9. The van der Waals surface area contributed by atoms with Crippen LogP contribution in [-0.2, 0) is 26.6 Å². The number of rotatable bonds is 6. The number of fused-ring (bicyclic) bond motifs is 1. The van der Waals surface area contributed by atoms with Crippen LogP contribution in [0.2, 0.25) is 0 Å². The number of halogens is 2. The highest BCUT2D eigenvalue weighted by molar-refractivity contribution is 5.68. The quantitative estimate of drug-likeness (QED) is 0.485. The van der Waals surface area contributed by atoms with Gasteiger partial charge in [0.25, 0.3) is 12.0 Å². The molecule has 4 rings (SSSR count). The molecule has 3 aromatic heterocycles. The minimum Gasteiger partial charge on any atom is -0.390 e. The van der Waals surface area contributed by atoms with Crippen LogP contribution in [0.15, 0.2) is 50.9 Å². The van der Waals surface area contributed by atoms with Gasteiger partial charge in [-0.15, -0.1) is 5.10 Å². The van der Waals surface area contributed by atoms with Crippen LogP contribution in [0, 0.1) is 0 Å². The average Bonchev–Trinajstić information content (AvgIpc) is 3.25. The predicted molar refractivity (Wildman–Crippen MR) is 97.7 cm³/mol. The Labute approximate surface area is 161 Å². The molecule has 0 spiro atoms. The molecule has 4 aromatic rings. The number of benzene rings is 1. The minimum absolute atomic E-state index is 0.0564. The number of hydrogen-bond acceptors (Lipinski definition) is 6. The van der Waals surface area contributed by atoms with E-state index < -0.39 is 12.2 Å². The van der Waals surface area contributed by atoms with Gasteiger partial charge in [0.15, 0.2) is 11.2 Å². The molecule has 0 saturated carbocycles. The molecule has 0 saturated heterocycles. The first kappa shape index (κ1) is 18.7. The van der Waals surface area contributed by atoms with E-state index in [1.807, 2.05) is 0 Å². The van der Waals surface area contributed by atoms with Crippen LogP contribution in [0.4, 0.5) is 8.78 Å². The number of aromatic nitrogens is 6. The lowest BCUT2D eigenvalue weighted by molar-refractivity contribution is 0.151. The molecule has 1 aromatic carbocycles. The van der Waals surface area contributed by atoms with Crippen LogP contribution in [0.1, 0.15) is 23.4 Å². The Hall–Kier alpha value is -3.63. The molecule has 0 bridgehead atoms. The van der Waals surface area contributed by atoms with Crippen LogP contribution in [0.3, 0.4) is 0 Å². The Kier molecular flexibility index (Phi) is 4.79. The van der Waals surface area contributed by atoms with Crippen molar-refractivity contribution >= 4 is 11.2 Å². The number of nitrogens with zero attached hydrogens (tertiary/aromatic N) is 6. The van der Waals surface area contributed by atoms with Gasteiger partial charge in [-0.3, -0.25) is 9.36 Å². The van der Waals surface area contributed by atoms with Gasteiger partial charge >= 0.3 is 5.76 Å². The summed E-state index contributed by atoms with van der Waals surface area (Å²) in [6.07, 6.45) is 0.707. The zero-order chi connectivity index (χ0) is 20.5. The van der Waals surface area contributed by atoms with E-state index >= 15 is 0 Å². The SMILES string of the molecule is Cn1cnc2ncn(Cc3nn(CCc4ccc(C(F)F)cc4)c(=O)o3)c(=O)c21. The number of aryl methyl sites for hydroxylation is 3. The fraction of sp³-hybridized carbons (Fsp3) is 0.278. The Morgan fingerprint density at radius 2 is 1.83 bits per heavy atom. The van der Waals surface area contributed by atoms with Crippen molar-refractivity contribution in [2.45, 2.75) is 25.9 Å². The van der Waals surface area contributed by atoms with Crippen LogP contribution in [-0.4, -0.2) is 28.9 Å². The molecular weight excluding hydrogens is 386 g/mol. The highest BCUT2D eigenvalue weighted by Crippen LogP contribution is 2.18. The first-order valence-corrected chi connectivity index (χ1v) is 8.72. The van der Waals surface area contributed by atoms with Crippen molar-refractivity contribution in [2.75, 3.05) is 0 Å². The summed E-state index contributed by atoms with van der Waals surface area (Å²) in [6.45, 7) is 0.155. The predicted octanol–water partition coefficient (Wildman–Crippen LogP) is 1.51. The second-order valence-electron chi connectivity index (χ2n) is 6.48. The Morgan fingerprint density at radius 3 is 2.55 bits per heavy atom. The highest BCUT2D eigenvalue weighted by atomic mass is 19.3. The third kappa shape index (κ3) is 3.71. The van der Waals surface area contributed by atoms with E-state index in [2.05, 4.69) is 15.1 Å². The van der Waals surface area contributed by atoms with Crippen molar-refractivity contribution in [3.05, 3.63) is 74.8 Å². The molecule has 0 fully saturated rings. The summed E-state index contributed by atoms with van der Waals surface area (Å²) in [6, 6.07) is 5.87. The minimum atomic E-state index is -2.52. The van der Waals surface area contributed by atoms with Gasteiger partial charge in [0.05, 0.1) is 12.9 Å². The molecule has 0 radical (unpaired) electrons. The van der Waals surface area contributed by atoms with Gasteiger partial charge < -0.3 is 8.98 Å². The largest absolute Gasteiger partial charge is 0.437 e. The van der Waals surface area contributed by atoms with Crippen LogP contribution in [0.25, 0.3) is 11.2 Å². The van der Waals surface area contributed by atoms with Crippen LogP contribution in [0.5, 0.6) is 0 Å². The maximum atomic E-state index is 12.6. The van der Waals surface area contributed by atoms with E-state index in [0.29, 0.717) is 17.6 Å². The molecule has 11 heteroatoms. The Balaban J connectivity index is 1.49. The maximum Gasteiger partial charge on any atom is 0.437 e. The lowest BCUT2D eigenvalue weighted by Gasteiger charge is -2.03. The van der Waals surface area contributed by atoms with Gasteiger partial charge in [0.2, 0.25) is 5.89 Å². The monoisotopic (exact) mass is 402 g/mol. The van der Waals surface area contributed by atoms with E-state index in [9.17, 15) is 18.4 Å². The Morgan fingerprint density at radius 1 is 1.10 bits per heavy atom. The molecule has 0 aliphatic rings. The van der Waals surface area contributed by atoms with Gasteiger partial charge in [0.1, 0.15) is 12.9 Å². The third-order valence-electron chi connectivity index (χ3n) is 4.50. The van der Waals surface area contributed by atoms with Crippen molar-refractivity contribution in [2.24, 2.45) is 7.05 Å². The summed E-state index contributed by atoms with van der Waals surface area (Å²) in [5.74, 6) is -0.597. The van der Waals surface area contributed by atoms with Crippen molar-refractivity contribution in [1.29, 1.82) is 0 Å². The standard InChI is InChI=1S/C18H16F2N6O3/c1-24-9-21-16-14(24)17(27)25(10-22-16)8-13-23-26(18(28)29-13)7-6-11-2-4-12(5-3-11)15(19)20/h2-5,9-10,15H,6-8H2,1H3. The topological polar surface area (TPSA) is 101 Å². The fourth-order valence-electron chi connectivity index (χ4n) is 2.95.